The number of fused-ring (bicyclic) bond motifs is 2. The van der Waals surface area contributed by atoms with Crippen molar-refractivity contribution in [2.45, 2.75) is 25.0 Å². The Labute approximate surface area is 166 Å². The van der Waals surface area contributed by atoms with Gasteiger partial charge < -0.3 is 19.8 Å². The summed E-state index contributed by atoms with van der Waals surface area (Å²) in [6, 6.07) is 12.2. The van der Waals surface area contributed by atoms with Crippen LogP contribution in [0.1, 0.15) is 11.1 Å². The molecule has 4 rings (SSSR count). The molecule has 0 unspecified atom stereocenters. The lowest BCUT2D eigenvalue weighted by Crippen LogP contribution is -2.48. The second kappa shape index (κ2) is 7.56. The summed E-state index contributed by atoms with van der Waals surface area (Å²) in [5.41, 5.74) is 2.77. The van der Waals surface area contributed by atoms with Gasteiger partial charge in [-0.25, -0.2) is 4.79 Å². The van der Waals surface area contributed by atoms with Crippen LogP contribution in [0.15, 0.2) is 48.7 Å². The van der Waals surface area contributed by atoms with Gasteiger partial charge in [-0.1, -0.05) is 29.8 Å². The average molecular weight is 399 g/mol. The summed E-state index contributed by atoms with van der Waals surface area (Å²) in [6.07, 6.45) is 1.86. The lowest BCUT2D eigenvalue weighted by Gasteiger charge is -2.18. The van der Waals surface area contributed by atoms with E-state index in [0.29, 0.717) is 23.6 Å². The van der Waals surface area contributed by atoms with Crippen LogP contribution in [0.3, 0.4) is 0 Å². The average Bonchev–Trinajstić information content (AvgIpc) is 3.30. The van der Waals surface area contributed by atoms with E-state index in [1.165, 1.54) is 7.11 Å². The molecule has 0 saturated heterocycles. The van der Waals surface area contributed by atoms with E-state index in [2.05, 4.69) is 10.3 Å². The first-order valence-electron chi connectivity index (χ1n) is 8.93. The Balaban J connectivity index is 1.49. The summed E-state index contributed by atoms with van der Waals surface area (Å²) in [5, 5.41) is 4.37. The van der Waals surface area contributed by atoms with Crippen molar-refractivity contribution in [3.8, 4) is 5.75 Å². The van der Waals surface area contributed by atoms with E-state index in [9.17, 15) is 9.59 Å². The maximum atomic E-state index is 12.7. The predicted octanol–water partition coefficient (Wildman–Crippen LogP) is 3.03. The van der Waals surface area contributed by atoms with Gasteiger partial charge >= 0.3 is 5.97 Å². The maximum Gasteiger partial charge on any atom is 0.328 e. The smallest absolute Gasteiger partial charge is 0.328 e. The molecule has 1 amide bonds. The zero-order valence-electron chi connectivity index (χ0n) is 15.2. The number of carbonyl (C=O) groups is 2. The van der Waals surface area contributed by atoms with Crippen LogP contribution in [0.4, 0.5) is 0 Å². The van der Waals surface area contributed by atoms with Gasteiger partial charge in [-0.15, -0.1) is 0 Å². The van der Waals surface area contributed by atoms with Crippen LogP contribution < -0.4 is 10.1 Å². The fourth-order valence-electron chi connectivity index (χ4n) is 3.48. The van der Waals surface area contributed by atoms with Crippen LogP contribution in [-0.2, 0) is 27.2 Å². The Morgan fingerprint density at radius 2 is 2.14 bits per heavy atom. The molecule has 1 aliphatic heterocycles. The zero-order valence-corrected chi connectivity index (χ0v) is 16.0. The number of hydrogen-bond acceptors (Lipinski definition) is 4. The molecule has 0 fully saturated rings. The Morgan fingerprint density at radius 3 is 2.96 bits per heavy atom. The Morgan fingerprint density at radius 1 is 1.32 bits per heavy atom. The molecule has 0 aliphatic carbocycles. The number of esters is 1. The number of nitrogens with one attached hydrogen (secondary N) is 2. The number of amides is 1. The number of H-pyrrole nitrogens is 1. The Kier molecular flexibility index (Phi) is 4.96. The van der Waals surface area contributed by atoms with Crippen molar-refractivity contribution in [2.24, 2.45) is 0 Å². The molecular weight excluding hydrogens is 380 g/mol. The summed E-state index contributed by atoms with van der Waals surface area (Å²) < 4.78 is 10.6. The molecule has 6 nitrogen and oxygen atoms in total. The molecule has 2 heterocycles. The molecule has 1 aliphatic rings. The van der Waals surface area contributed by atoms with Gasteiger partial charge in [-0.2, -0.15) is 0 Å². The van der Waals surface area contributed by atoms with Crippen molar-refractivity contribution in [3.05, 3.63) is 64.8 Å². The molecule has 0 saturated carbocycles. The van der Waals surface area contributed by atoms with Gasteiger partial charge in [-0.3, -0.25) is 4.79 Å². The molecule has 2 atom stereocenters. The topological polar surface area (TPSA) is 80.4 Å². The summed E-state index contributed by atoms with van der Waals surface area (Å²) in [4.78, 5) is 28.2. The molecule has 2 N–H and O–H groups in total. The summed E-state index contributed by atoms with van der Waals surface area (Å²) >= 11 is 6.00. The van der Waals surface area contributed by atoms with Crippen molar-refractivity contribution in [1.29, 1.82) is 0 Å². The van der Waals surface area contributed by atoms with Crippen molar-refractivity contribution in [3.63, 3.8) is 0 Å². The number of para-hydroxylation sites is 1. The monoisotopic (exact) mass is 398 g/mol. The number of aromatic nitrogens is 1. The highest BCUT2D eigenvalue weighted by Crippen LogP contribution is 2.31. The third-order valence-corrected chi connectivity index (χ3v) is 5.13. The van der Waals surface area contributed by atoms with E-state index in [-0.39, 0.29) is 5.91 Å². The predicted molar refractivity (Wildman–Crippen MR) is 106 cm³/mol. The zero-order chi connectivity index (χ0) is 19.7. The van der Waals surface area contributed by atoms with Gasteiger partial charge in [-0.05, 0) is 35.4 Å². The highest BCUT2D eigenvalue weighted by atomic mass is 35.5. The number of halogens is 1. The number of benzene rings is 2. The third kappa shape index (κ3) is 3.55. The molecule has 2 aromatic carbocycles. The van der Waals surface area contributed by atoms with Crippen molar-refractivity contribution in [2.75, 3.05) is 7.11 Å². The molecule has 7 heteroatoms. The summed E-state index contributed by atoms with van der Waals surface area (Å²) in [5.74, 6) is -0.226. The third-order valence-electron chi connectivity index (χ3n) is 4.89. The molecule has 28 heavy (non-hydrogen) atoms. The van der Waals surface area contributed by atoms with E-state index in [1.54, 1.807) is 18.2 Å². The number of ether oxygens (including phenoxy) is 2. The molecule has 144 valence electrons. The first kappa shape index (κ1) is 18.4. The first-order valence-corrected chi connectivity index (χ1v) is 9.31. The molecule has 3 aromatic rings. The highest BCUT2D eigenvalue weighted by Gasteiger charge is 2.32. The maximum absolute atomic E-state index is 12.7. The van der Waals surface area contributed by atoms with Crippen molar-refractivity contribution >= 4 is 34.4 Å². The first-order chi connectivity index (χ1) is 13.5. The number of methoxy groups -OCH3 is 1. The van der Waals surface area contributed by atoms with Gasteiger partial charge in [0.05, 0.1) is 7.11 Å². The van der Waals surface area contributed by atoms with Crippen LogP contribution in [0.25, 0.3) is 10.9 Å². The van der Waals surface area contributed by atoms with Crippen LogP contribution in [-0.4, -0.2) is 36.1 Å². The summed E-state index contributed by atoms with van der Waals surface area (Å²) in [6.45, 7) is 0. The van der Waals surface area contributed by atoms with E-state index >= 15 is 0 Å². The largest absolute Gasteiger partial charge is 0.480 e. The van der Waals surface area contributed by atoms with E-state index < -0.39 is 18.1 Å². The van der Waals surface area contributed by atoms with Crippen LogP contribution in [0.5, 0.6) is 5.75 Å². The number of rotatable bonds is 5. The summed E-state index contributed by atoms with van der Waals surface area (Å²) in [7, 11) is 1.31. The normalized spacial score (nSPS) is 16.3. The van der Waals surface area contributed by atoms with E-state index in [1.807, 2.05) is 30.5 Å². The van der Waals surface area contributed by atoms with Crippen molar-refractivity contribution in [1.82, 2.24) is 10.3 Å². The fraction of sp³-hybridized carbons (Fsp3) is 0.238. The standard InChI is InChI=1S/C21H19ClN2O4/c1-27-21(26)17(9-13-11-23-16-5-3-2-4-15(13)16)24-20(25)19-10-12-8-14(22)6-7-18(12)28-19/h2-8,11,17,19,23H,9-10H2,1H3,(H,24,25)/t17-,19+/m1/s1. The second-order valence-electron chi connectivity index (χ2n) is 6.71. The van der Waals surface area contributed by atoms with Gasteiger partial charge in [0, 0.05) is 35.0 Å². The van der Waals surface area contributed by atoms with Crippen LogP contribution in [0, 0.1) is 0 Å². The van der Waals surface area contributed by atoms with E-state index in [0.717, 1.165) is 22.0 Å². The molecular formula is C21H19ClN2O4. The SMILES string of the molecule is COC(=O)[C@@H](Cc1c[nH]c2ccccc12)NC(=O)[C@@H]1Cc2cc(Cl)ccc2O1. The minimum Gasteiger partial charge on any atom is -0.480 e. The van der Waals surface area contributed by atoms with Gasteiger partial charge in [0.1, 0.15) is 11.8 Å². The van der Waals surface area contributed by atoms with Crippen LogP contribution in [0.2, 0.25) is 5.02 Å². The Bertz CT molecular complexity index is 1050. The minimum absolute atomic E-state index is 0.313. The second-order valence-corrected chi connectivity index (χ2v) is 7.15. The quantitative estimate of drug-likeness (QED) is 0.647. The highest BCUT2D eigenvalue weighted by molar-refractivity contribution is 6.30. The van der Waals surface area contributed by atoms with E-state index in [4.69, 9.17) is 21.1 Å². The van der Waals surface area contributed by atoms with Crippen molar-refractivity contribution < 1.29 is 19.1 Å². The molecule has 0 spiro atoms. The van der Waals surface area contributed by atoms with Gasteiger partial charge in [0.2, 0.25) is 0 Å². The van der Waals surface area contributed by atoms with Gasteiger partial charge in [0.15, 0.2) is 6.10 Å². The number of aromatic amines is 1. The molecule has 0 radical (unpaired) electrons. The Hall–Kier alpha value is -2.99. The fourth-order valence-corrected chi connectivity index (χ4v) is 3.68. The molecule has 1 aromatic heterocycles. The lowest BCUT2D eigenvalue weighted by atomic mass is 10.0. The molecule has 0 bridgehead atoms. The van der Waals surface area contributed by atoms with Crippen LogP contribution >= 0.6 is 11.6 Å². The number of carbonyl (C=O) groups excluding carboxylic acids is 2. The van der Waals surface area contributed by atoms with Gasteiger partial charge in [0.25, 0.3) is 5.91 Å². The number of hydrogen-bond donors (Lipinski definition) is 2. The lowest BCUT2D eigenvalue weighted by molar-refractivity contribution is -0.145. The minimum atomic E-state index is -0.812.